The minimum absolute atomic E-state index is 0.113. The van der Waals surface area contributed by atoms with Crippen LogP contribution in [-0.2, 0) is 12.8 Å². The Balaban J connectivity index is 2.22. The number of benzene rings is 1. The van der Waals surface area contributed by atoms with Gasteiger partial charge < -0.3 is 0 Å². The van der Waals surface area contributed by atoms with Crippen molar-refractivity contribution in [3.05, 3.63) is 51.7 Å². The molecule has 16 heavy (non-hydrogen) atoms. The lowest BCUT2D eigenvalue weighted by atomic mass is 10.3. The van der Waals surface area contributed by atoms with Gasteiger partial charge in [-0.15, -0.1) is 0 Å². The average Bonchev–Trinajstić information content (AvgIpc) is 2.83. The Morgan fingerprint density at radius 3 is 2.81 bits per heavy atom. The lowest BCUT2D eigenvalue weighted by molar-refractivity contribution is 0.606. The number of nitrogens with one attached hydrogen (secondary N) is 1. The van der Waals surface area contributed by atoms with Crippen molar-refractivity contribution in [2.24, 2.45) is 0 Å². The monoisotopic (exact) mass is 218 g/mol. The molecule has 0 unspecified atom stereocenters. The molecule has 4 heteroatoms. The number of para-hydroxylation sites is 1. The smallest absolute Gasteiger partial charge is 0.274 e. The number of rotatable bonds is 1. The maximum atomic E-state index is 13.5. The molecule has 3 nitrogen and oxygen atoms in total. The second-order valence-electron chi connectivity index (χ2n) is 4.01. The highest BCUT2D eigenvalue weighted by Crippen LogP contribution is 2.18. The van der Waals surface area contributed by atoms with Gasteiger partial charge in [0.15, 0.2) is 0 Å². The van der Waals surface area contributed by atoms with E-state index in [0.717, 1.165) is 30.5 Å². The van der Waals surface area contributed by atoms with Crippen LogP contribution in [0.3, 0.4) is 0 Å². The van der Waals surface area contributed by atoms with Gasteiger partial charge in [-0.3, -0.25) is 9.89 Å². The Morgan fingerprint density at radius 2 is 2.06 bits per heavy atom. The van der Waals surface area contributed by atoms with E-state index >= 15 is 0 Å². The second kappa shape index (κ2) is 3.33. The fourth-order valence-electron chi connectivity index (χ4n) is 2.23. The predicted molar refractivity (Wildman–Crippen MR) is 58.4 cm³/mol. The third-order valence-corrected chi connectivity index (χ3v) is 3.02. The molecule has 0 atom stereocenters. The minimum atomic E-state index is -0.385. The molecule has 0 amide bonds. The van der Waals surface area contributed by atoms with Gasteiger partial charge in [0.05, 0.1) is 0 Å². The molecule has 0 bridgehead atoms. The summed E-state index contributed by atoms with van der Waals surface area (Å²) in [6.07, 6.45) is 2.69. The summed E-state index contributed by atoms with van der Waals surface area (Å²) in [7, 11) is 0. The lowest BCUT2D eigenvalue weighted by Crippen LogP contribution is -2.18. The first-order valence-corrected chi connectivity index (χ1v) is 5.35. The van der Waals surface area contributed by atoms with Crippen LogP contribution in [0.5, 0.6) is 0 Å². The van der Waals surface area contributed by atoms with Crippen LogP contribution in [0.2, 0.25) is 0 Å². The Bertz CT molecular complexity index is 597. The molecule has 1 heterocycles. The van der Waals surface area contributed by atoms with Gasteiger partial charge in [0, 0.05) is 11.3 Å². The Hall–Kier alpha value is -1.84. The molecule has 1 aromatic heterocycles. The van der Waals surface area contributed by atoms with Gasteiger partial charge in [-0.2, -0.15) is 0 Å². The number of aromatic amines is 1. The van der Waals surface area contributed by atoms with E-state index in [1.54, 1.807) is 18.2 Å². The molecule has 0 radical (unpaired) electrons. The number of hydrogen-bond donors (Lipinski definition) is 1. The largest absolute Gasteiger partial charge is 0.295 e. The maximum Gasteiger partial charge on any atom is 0.274 e. The number of hydrogen-bond acceptors (Lipinski definition) is 1. The standard InChI is InChI=1S/C12H11FN2O/c13-9-5-1-2-7-11(9)15-12(16)8-4-3-6-10(8)14-15/h1-2,5,7,14H,3-4,6H2. The highest BCUT2D eigenvalue weighted by atomic mass is 19.1. The maximum absolute atomic E-state index is 13.5. The highest BCUT2D eigenvalue weighted by molar-refractivity contribution is 5.35. The highest BCUT2D eigenvalue weighted by Gasteiger charge is 2.20. The van der Waals surface area contributed by atoms with Crippen LogP contribution in [0.25, 0.3) is 5.69 Å². The quantitative estimate of drug-likeness (QED) is 0.778. The first-order valence-electron chi connectivity index (χ1n) is 5.35. The number of nitrogens with zero attached hydrogens (tertiary/aromatic N) is 1. The van der Waals surface area contributed by atoms with Crippen molar-refractivity contribution in [2.45, 2.75) is 19.3 Å². The van der Waals surface area contributed by atoms with Gasteiger partial charge in [0.25, 0.3) is 5.56 Å². The minimum Gasteiger partial charge on any atom is -0.295 e. The number of halogens is 1. The van der Waals surface area contributed by atoms with Gasteiger partial charge in [0.1, 0.15) is 11.5 Å². The van der Waals surface area contributed by atoms with Gasteiger partial charge in [-0.05, 0) is 31.4 Å². The third-order valence-electron chi connectivity index (χ3n) is 3.02. The molecular weight excluding hydrogens is 207 g/mol. The summed E-state index contributed by atoms with van der Waals surface area (Å²) in [4.78, 5) is 12.0. The summed E-state index contributed by atoms with van der Waals surface area (Å²) in [5.74, 6) is -0.385. The summed E-state index contributed by atoms with van der Waals surface area (Å²) in [5, 5.41) is 2.98. The topological polar surface area (TPSA) is 37.8 Å². The normalized spacial score (nSPS) is 14.1. The molecule has 1 aliphatic rings. The zero-order valence-electron chi connectivity index (χ0n) is 8.66. The van der Waals surface area contributed by atoms with Crippen LogP contribution < -0.4 is 5.56 Å². The number of aromatic nitrogens is 2. The average molecular weight is 218 g/mol. The SMILES string of the molecule is O=c1c2c([nH]n1-c1ccccc1F)CCC2. The Labute approximate surface area is 91.5 Å². The van der Waals surface area contributed by atoms with E-state index in [-0.39, 0.29) is 11.4 Å². The van der Waals surface area contributed by atoms with Crippen LogP contribution in [-0.4, -0.2) is 9.78 Å². The van der Waals surface area contributed by atoms with Gasteiger partial charge in [-0.25, -0.2) is 9.07 Å². The zero-order valence-corrected chi connectivity index (χ0v) is 8.66. The van der Waals surface area contributed by atoms with E-state index in [1.165, 1.54) is 10.7 Å². The number of fused-ring (bicyclic) bond motifs is 1. The first kappa shape index (κ1) is 9.39. The molecule has 0 aliphatic heterocycles. The third kappa shape index (κ3) is 1.23. The summed E-state index contributed by atoms with van der Waals surface area (Å²) in [6, 6.07) is 6.29. The summed E-state index contributed by atoms with van der Waals surface area (Å²) in [6.45, 7) is 0. The molecule has 1 aromatic carbocycles. The molecule has 1 N–H and O–H groups in total. The molecule has 3 rings (SSSR count). The lowest BCUT2D eigenvalue weighted by Gasteiger charge is -2.03. The molecule has 82 valence electrons. The first-order chi connectivity index (χ1) is 7.77. The molecule has 0 fully saturated rings. The van der Waals surface area contributed by atoms with Gasteiger partial charge in [0.2, 0.25) is 0 Å². The van der Waals surface area contributed by atoms with Crippen LogP contribution in [0.15, 0.2) is 29.1 Å². The fourth-order valence-corrected chi connectivity index (χ4v) is 2.23. The van der Waals surface area contributed by atoms with Crippen molar-refractivity contribution in [3.8, 4) is 5.69 Å². The Kier molecular flexibility index (Phi) is 1.96. The Morgan fingerprint density at radius 1 is 1.25 bits per heavy atom. The van der Waals surface area contributed by atoms with E-state index in [9.17, 15) is 9.18 Å². The van der Waals surface area contributed by atoms with Crippen LogP contribution >= 0.6 is 0 Å². The zero-order chi connectivity index (χ0) is 11.1. The van der Waals surface area contributed by atoms with Crippen LogP contribution in [0.4, 0.5) is 4.39 Å². The van der Waals surface area contributed by atoms with Crippen molar-refractivity contribution >= 4 is 0 Å². The molecule has 0 saturated carbocycles. The van der Waals surface area contributed by atoms with Crippen molar-refractivity contribution < 1.29 is 4.39 Å². The van der Waals surface area contributed by atoms with Gasteiger partial charge >= 0.3 is 0 Å². The molecule has 0 saturated heterocycles. The van der Waals surface area contributed by atoms with Crippen LogP contribution in [0, 0.1) is 5.82 Å². The fraction of sp³-hybridized carbons (Fsp3) is 0.250. The van der Waals surface area contributed by atoms with E-state index in [1.807, 2.05) is 0 Å². The predicted octanol–water partition coefficient (Wildman–Crippen LogP) is 1.79. The van der Waals surface area contributed by atoms with E-state index in [4.69, 9.17) is 0 Å². The number of H-pyrrole nitrogens is 1. The summed E-state index contributed by atoms with van der Waals surface area (Å²) >= 11 is 0. The molecule has 2 aromatic rings. The number of aryl methyl sites for hydroxylation is 1. The van der Waals surface area contributed by atoms with Crippen LogP contribution in [0.1, 0.15) is 17.7 Å². The van der Waals surface area contributed by atoms with Crippen molar-refractivity contribution in [1.82, 2.24) is 9.78 Å². The van der Waals surface area contributed by atoms with Gasteiger partial charge in [-0.1, -0.05) is 12.1 Å². The van der Waals surface area contributed by atoms with Crippen molar-refractivity contribution in [2.75, 3.05) is 0 Å². The second-order valence-corrected chi connectivity index (χ2v) is 4.01. The molecule has 0 spiro atoms. The van der Waals surface area contributed by atoms with E-state index in [2.05, 4.69) is 5.10 Å². The van der Waals surface area contributed by atoms with E-state index in [0.29, 0.717) is 5.69 Å². The molecular formula is C12H11FN2O. The molecule has 1 aliphatic carbocycles. The van der Waals surface area contributed by atoms with Crippen molar-refractivity contribution in [1.29, 1.82) is 0 Å². The van der Waals surface area contributed by atoms with Crippen molar-refractivity contribution in [3.63, 3.8) is 0 Å². The summed E-state index contributed by atoms with van der Waals surface area (Å²) < 4.78 is 14.8. The van der Waals surface area contributed by atoms with E-state index < -0.39 is 0 Å². The summed E-state index contributed by atoms with van der Waals surface area (Å²) in [5.41, 5.74) is 1.94.